The summed E-state index contributed by atoms with van der Waals surface area (Å²) in [6.07, 6.45) is 1.88. The second-order valence-electron chi connectivity index (χ2n) is 3.73. The fourth-order valence-electron chi connectivity index (χ4n) is 1.57. The Bertz CT molecular complexity index is 652. The van der Waals surface area contributed by atoms with Gasteiger partial charge in [0.1, 0.15) is 28.9 Å². The van der Waals surface area contributed by atoms with E-state index in [2.05, 4.69) is 6.07 Å². The summed E-state index contributed by atoms with van der Waals surface area (Å²) in [4.78, 5) is 0.816. The average molecular weight is 274 g/mol. The third-order valence-corrected chi connectivity index (χ3v) is 3.30. The zero-order valence-corrected chi connectivity index (χ0v) is 11.0. The molecule has 96 valence electrons. The number of nitriles is 1. The van der Waals surface area contributed by atoms with Crippen molar-refractivity contribution >= 4 is 17.4 Å². The van der Waals surface area contributed by atoms with Crippen LogP contribution in [0.4, 0.5) is 10.1 Å². The highest BCUT2D eigenvalue weighted by molar-refractivity contribution is 7.98. The lowest BCUT2D eigenvalue weighted by Crippen LogP contribution is -1.93. The molecule has 0 aliphatic heterocycles. The van der Waals surface area contributed by atoms with Gasteiger partial charge < -0.3 is 10.5 Å². The molecule has 0 bridgehead atoms. The highest BCUT2D eigenvalue weighted by Crippen LogP contribution is 2.32. The number of thioether (sulfide) groups is 1. The van der Waals surface area contributed by atoms with E-state index in [1.165, 1.54) is 23.9 Å². The van der Waals surface area contributed by atoms with Crippen LogP contribution in [-0.4, -0.2) is 6.26 Å². The van der Waals surface area contributed by atoms with Crippen molar-refractivity contribution in [3.63, 3.8) is 0 Å². The lowest BCUT2D eigenvalue weighted by molar-refractivity contribution is 0.474. The lowest BCUT2D eigenvalue weighted by Gasteiger charge is -2.10. The van der Waals surface area contributed by atoms with E-state index in [0.717, 1.165) is 4.90 Å². The van der Waals surface area contributed by atoms with Crippen molar-refractivity contribution in [3.05, 3.63) is 47.8 Å². The SMILES string of the molecule is CSc1cccc(Oc2ccc(N)c(F)c2)c1C#N. The van der Waals surface area contributed by atoms with E-state index in [-0.39, 0.29) is 5.69 Å². The Kier molecular flexibility index (Phi) is 3.93. The molecule has 2 N–H and O–H groups in total. The predicted molar refractivity (Wildman–Crippen MR) is 73.8 cm³/mol. The van der Waals surface area contributed by atoms with Crippen molar-refractivity contribution in [1.82, 2.24) is 0 Å². The molecular formula is C14H11FN2OS. The number of nitrogens with zero attached hydrogens (tertiary/aromatic N) is 1. The van der Waals surface area contributed by atoms with Crippen LogP contribution >= 0.6 is 11.8 Å². The van der Waals surface area contributed by atoms with E-state index in [4.69, 9.17) is 15.7 Å². The Labute approximate surface area is 114 Å². The Hall–Kier alpha value is -2.19. The van der Waals surface area contributed by atoms with Gasteiger partial charge in [0.25, 0.3) is 0 Å². The average Bonchev–Trinajstić information content (AvgIpc) is 2.42. The summed E-state index contributed by atoms with van der Waals surface area (Å²) in [6.45, 7) is 0. The van der Waals surface area contributed by atoms with Crippen molar-refractivity contribution in [2.75, 3.05) is 12.0 Å². The summed E-state index contributed by atoms with van der Waals surface area (Å²) >= 11 is 1.45. The summed E-state index contributed by atoms with van der Waals surface area (Å²) < 4.78 is 18.9. The second kappa shape index (κ2) is 5.63. The van der Waals surface area contributed by atoms with Crippen LogP contribution in [0.15, 0.2) is 41.3 Å². The van der Waals surface area contributed by atoms with E-state index in [1.807, 2.05) is 12.3 Å². The molecule has 0 unspecified atom stereocenters. The van der Waals surface area contributed by atoms with Crippen LogP contribution in [0.25, 0.3) is 0 Å². The van der Waals surface area contributed by atoms with Crippen LogP contribution in [0.5, 0.6) is 11.5 Å². The Morgan fingerprint density at radius 3 is 2.74 bits per heavy atom. The van der Waals surface area contributed by atoms with Gasteiger partial charge in [-0.15, -0.1) is 11.8 Å². The van der Waals surface area contributed by atoms with E-state index < -0.39 is 5.82 Å². The molecule has 0 saturated carbocycles. The third-order valence-electron chi connectivity index (χ3n) is 2.52. The largest absolute Gasteiger partial charge is 0.456 e. The normalized spacial score (nSPS) is 9.95. The van der Waals surface area contributed by atoms with Gasteiger partial charge in [0.05, 0.1) is 5.69 Å². The van der Waals surface area contributed by atoms with Gasteiger partial charge in [-0.25, -0.2) is 4.39 Å². The Morgan fingerprint density at radius 2 is 2.11 bits per heavy atom. The predicted octanol–water partition coefficient (Wildman–Crippen LogP) is 3.79. The molecule has 3 nitrogen and oxygen atoms in total. The van der Waals surface area contributed by atoms with Gasteiger partial charge in [0.2, 0.25) is 0 Å². The van der Waals surface area contributed by atoms with Crippen molar-refractivity contribution in [1.29, 1.82) is 5.26 Å². The van der Waals surface area contributed by atoms with Gasteiger partial charge in [-0.1, -0.05) is 6.07 Å². The molecule has 0 spiro atoms. The number of halogens is 1. The summed E-state index contributed by atoms with van der Waals surface area (Å²) in [5, 5.41) is 9.17. The first-order valence-corrected chi connectivity index (χ1v) is 6.68. The van der Waals surface area contributed by atoms with Gasteiger partial charge in [-0.05, 0) is 30.5 Å². The summed E-state index contributed by atoms with van der Waals surface area (Å²) in [5.74, 6) is 0.164. The molecule has 0 radical (unpaired) electrons. The van der Waals surface area contributed by atoms with E-state index in [9.17, 15) is 4.39 Å². The molecule has 0 fully saturated rings. The van der Waals surface area contributed by atoms with Gasteiger partial charge in [-0.3, -0.25) is 0 Å². The van der Waals surface area contributed by atoms with Crippen molar-refractivity contribution in [3.8, 4) is 17.6 Å². The molecule has 0 aromatic heterocycles. The minimum absolute atomic E-state index is 0.0609. The number of hydrogen-bond donors (Lipinski definition) is 1. The molecule has 2 aromatic carbocycles. The van der Waals surface area contributed by atoms with Crippen LogP contribution in [0.2, 0.25) is 0 Å². The zero-order valence-electron chi connectivity index (χ0n) is 10.2. The first-order valence-electron chi connectivity index (χ1n) is 5.45. The quantitative estimate of drug-likeness (QED) is 0.683. The van der Waals surface area contributed by atoms with Crippen LogP contribution in [-0.2, 0) is 0 Å². The maximum atomic E-state index is 13.3. The van der Waals surface area contributed by atoms with Crippen molar-refractivity contribution in [2.45, 2.75) is 4.90 Å². The van der Waals surface area contributed by atoms with Crippen LogP contribution in [0.3, 0.4) is 0 Å². The minimum Gasteiger partial charge on any atom is -0.456 e. The molecule has 0 aliphatic carbocycles. The molecule has 0 atom stereocenters. The summed E-state index contributed by atoms with van der Waals surface area (Å²) in [6, 6.07) is 11.6. The number of nitrogen functional groups attached to an aromatic ring is 1. The minimum atomic E-state index is -0.544. The van der Waals surface area contributed by atoms with Crippen LogP contribution in [0.1, 0.15) is 5.56 Å². The maximum Gasteiger partial charge on any atom is 0.149 e. The molecule has 0 saturated heterocycles. The zero-order chi connectivity index (χ0) is 13.8. The van der Waals surface area contributed by atoms with Crippen molar-refractivity contribution in [2.24, 2.45) is 0 Å². The highest BCUT2D eigenvalue weighted by Gasteiger charge is 2.10. The number of ether oxygens (including phenoxy) is 1. The smallest absolute Gasteiger partial charge is 0.149 e. The third kappa shape index (κ3) is 2.80. The molecule has 2 rings (SSSR count). The molecular weight excluding hydrogens is 263 g/mol. The van der Waals surface area contributed by atoms with E-state index in [1.54, 1.807) is 18.2 Å². The Morgan fingerprint density at radius 1 is 1.32 bits per heavy atom. The fourth-order valence-corrected chi connectivity index (χ4v) is 2.14. The Balaban J connectivity index is 2.38. The molecule has 19 heavy (non-hydrogen) atoms. The number of rotatable bonds is 3. The van der Waals surface area contributed by atoms with Gasteiger partial charge in [-0.2, -0.15) is 5.26 Å². The fraction of sp³-hybridized carbons (Fsp3) is 0.0714. The van der Waals surface area contributed by atoms with Crippen LogP contribution < -0.4 is 10.5 Å². The van der Waals surface area contributed by atoms with Gasteiger partial charge in [0.15, 0.2) is 0 Å². The molecule has 5 heteroatoms. The van der Waals surface area contributed by atoms with Crippen molar-refractivity contribution < 1.29 is 9.13 Å². The summed E-state index contributed by atoms with van der Waals surface area (Å²) in [7, 11) is 0. The molecule has 0 aliphatic rings. The maximum absolute atomic E-state index is 13.3. The molecule has 0 amide bonds. The molecule has 0 heterocycles. The van der Waals surface area contributed by atoms with E-state index in [0.29, 0.717) is 17.1 Å². The van der Waals surface area contributed by atoms with E-state index >= 15 is 0 Å². The standard InChI is InChI=1S/C14H11FN2OS/c1-19-14-4-2-3-13(10(14)8-16)18-9-5-6-12(17)11(15)7-9/h2-7H,17H2,1H3. The van der Waals surface area contributed by atoms with Gasteiger partial charge in [0, 0.05) is 11.0 Å². The monoisotopic (exact) mass is 274 g/mol. The number of nitrogens with two attached hydrogens (primary N) is 1. The number of benzene rings is 2. The number of hydrogen-bond acceptors (Lipinski definition) is 4. The molecule has 2 aromatic rings. The van der Waals surface area contributed by atoms with Crippen LogP contribution in [0, 0.1) is 17.1 Å². The lowest BCUT2D eigenvalue weighted by atomic mass is 10.2. The number of anilines is 1. The topological polar surface area (TPSA) is 59.0 Å². The first kappa shape index (κ1) is 13.2. The highest BCUT2D eigenvalue weighted by atomic mass is 32.2. The second-order valence-corrected chi connectivity index (χ2v) is 4.58. The van der Waals surface area contributed by atoms with Gasteiger partial charge >= 0.3 is 0 Å². The first-order chi connectivity index (χ1) is 9.15. The summed E-state index contributed by atoms with van der Waals surface area (Å²) in [5.41, 5.74) is 5.90.